The maximum absolute atomic E-state index is 13.8. The second-order valence-electron chi connectivity index (χ2n) is 4.95. The van der Waals surface area contributed by atoms with E-state index in [4.69, 9.17) is 16.3 Å². The van der Waals surface area contributed by atoms with Gasteiger partial charge in [0.1, 0.15) is 0 Å². The van der Waals surface area contributed by atoms with Gasteiger partial charge >= 0.3 is 0 Å². The van der Waals surface area contributed by atoms with E-state index in [-0.39, 0.29) is 17.6 Å². The third-order valence-electron chi connectivity index (χ3n) is 3.10. The fraction of sp³-hybridized carbons (Fsp3) is 0.294. The zero-order valence-corrected chi connectivity index (χ0v) is 13.0. The number of hydrogen-bond donors (Lipinski definition) is 1. The molecule has 2 aromatic carbocycles. The number of nitrogens with one attached hydrogen (secondary N) is 1. The van der Waals surface area contributed by atoms with Gasteiger partial charge in [0.2, 0.25) is 0 Å². The number of hydrogen-bond acceptors (Lipinski definition) is 2. The van der Waals surface area contributed by atoms with Crippen LogP contribution in [0.5, 0.6) is 5.75 Å². The molecule has 0 radical (unpaired) electrons. The Morgan fingerprint density at radius 2 is 1.90 bits per heavy atom. The summed E-state index contributed by atoms with van der Waals surface area (Å²) in [6, 6.07) is 12.9. The van der Waals surface area contributed by atoms with Crippen molar-refractivity contribution in [3.63, 3.8) is 0 Å². The third-order valence-corrected chi connectivity index (χ3v) is 3.35. The van der Waals surface area contributed by atoms with Gasteiger partial charge in [-0.15, -0.1) is 0 Å². The lowest BCUT2D eigenvalue weighted by Crippen LogP contribution is -2.18. The van der Waals surface area contributed by atoms with Crippen LogP contribution in [0.2, 0.25) is 5.02 Å². The van der Waals surface area contributed by atoms with Gasteiger partial charge in [-0.3, -0.25) is 0 Å². The monoisotopic (exact) mass is 307 g/mol. The van der Waals surface area contributed by atoms with Crippen LogP contribution in [0.4, 0.5) is 10.1 Å². The zero-order valence-electron chi connectivity index (χ0n) is 12.2. The molecular formula is C17H19ClFNO. The first-order valence-electron chi connectivity index (χ1n) is 7.02. The number of benzene rings is 2. The maximum Gasteiger partial charge on any atom is 0.167 e. The molecule has 2 nitrogen and oxygen atoms in total. The summed E-state index contributed by atoms with van der Waals surface area (Å²) < 4.78 is 19.0. The van der Waals surface area contributed by atoms with E-state index >= 15 is 0 Å². The number of rotatable bonds is 6. The van der Waals surface area contributed by atoms with Gasteiger partial charge in [-0.25, -0.2) is 4.39 Å². The van der Waals surface area contributed by atoms with E-state index in [0.717, 1.165) is 17.1 Å². The van der Waals surface area contributed by atoms with E-state index < -0.39 is 0 Å². The highest BCUT2D eigenvalue weighted by Crippen LogP contribution is 2.22. The van der Waals surface area contributed by atoms with Crippen molar-refractivity contribution in [1.82, 2.24) is 0 Å². The average Bonchev–Trinajstić information content (AvgIpc) is 2.44. The SMILES string of the molecule is CCOc1ccc(NC(C)Cc2ccc(Cl)cc2)cc1F. The van der Waals surface area contributed by atoms with Gasteiger partial charge < -0.3 is 10.1 Å². The molecule has 0 aliphatic heterocycles. The quantitative estimate of drug-likeness (QED) is 0.817. The Labute approximate surface area is 129 Å². The van der Waals surface area contributed by atoms with Crippen LogP contribution in [0.3, 0.4) is 0 Å². The summed E-state index contributed by atoms with van der Waals surface area (Å²) in [6.07, 6.45) is 0.839. The van der Waals surface area contributed by atoms with Crippen molar-refractivity contribution in [2.24, 2.45) is 0 Å². The molecule has 0 spiro atoms. The second-order valence-corrected chi connectivity index (χ2v) is 5.39. The summed E-state index contributed by atoms with van der Waals surface area (Å²) in [5.41, 5.74) is 1.93. The molecule has 0 saturated heterocycles. The first kappa shape index (κ1) is 15.6. The molecule has 2 aromatic rings. The largest absolute Gasteiger partial charge is 0.491 e. The van der Waals surface area contributed by atoms with Crippen LogP contribution in [0.1, 0.15) is 19.4 Å². The van der Waals surface area contributed by atoms with Gasteiger partial charge in [-0.05, 0) is 50.1 Å². The molecule has 0 amide bonds. The molecule has 0 aliphatic carbocycles. The minimum atomic E-state index is -0.347. The first-order chi connectivity index (χ1) is 10.1. The molecule has 1 N–H and O–H groups in total. The molecule has 0 saturated carbocycles. The van der Waals surface area contributed by atoms with E-state index in [1.165, 1.54) is 11.6 Å². The van der Waals surface area contributed by atoms with Crippen LogP contribution >= 0.6 is 11.6 Å². The summed E-state index contributed by atoms with van der Waals surface area (Å²) in [6.45, 7) is 4.35. The Hall–Kier alpha value is -1.74. The van der Waals surface area contributed by atoms with Crippen LogP contribution in [-0.2, 0) is 6.42 Å². The lowest BCUT2D eigenvalue weighted by molar-refractivity contribution is 0.321. The molecule has 4 heteroatoms. The van der Waals surface area contributed by atoms with Gasteiger partial charge in [0.05, 0.1) is 6.61 Å². The zero-order chi connectivity index (χ0) is 15.2. The van der Waals surface area contributed by atoms with Gasteiger partial charge in [0, 0.05) is 22.8 Å². The fourth-order valence-corrected chi connectivity index (χ4v) is 2.30. The minimum Gasteiger partial charge on any atom is -0.491 e. The van der Waals surface area contributed by atoms with Crippen LogP contribution in [-0.4, -0.2) is 12.6 Å². The number of halogens is 2. The van der Waals surface area contributed by atoms with E-state index in [9.17, 15) is 4.39 Å². The molecule has 0 fully saturated rings. The Balaban J connectivity index is 1.97. The van der Waals surface area contributed by atoms with Gasteiger partial charge in [-0.1, -0.05) is 23.7 Å². The summed E-state index contributed by atoms with van der Waals surface area (Å²) in [4.78, 5) is 0. The van der Waals surface area contributed by atoms with Crippen molar-refractivity contribution in [1.29, 1.82) is 0 Å². The van der Waals surface area contributed by atoms with Gasteiger partial charge in [0.15, 0.2) is 11.6 Å². The van der Waals surface area contributed by atoms with E-state index in [2.05, 4.69) is 12.2 Å². The lowest BCUT2D eigenvalue weighted by Gasteiger charge is -2.16. The molecule has 0 aromatic heterocycles. The van der Waals surface area contributed by atoms with Crippen molar-refractivity contribution in [3.05, 3.63) is 58.9 Å². The molecule has 0 heterocycles. The van der Waals surface area contributed by atoms with Crippen LogP contribution in [0, 0.1) is 5.82 Å². The predicted octanol–water partition coefficient (Wildman–Crippen LogP) is 4.92. The van der Waals surface area contributed by atoms with Crippen molar-refractivity contribution in [3.8, 4) is 5.75 Å². The van der Waals surface area contributed by atoms with E-state index in [1.54, 1.807) is 6.07 Å². The normalized spacial score (nSPS) is 12.0. The van der Waals surface area contributed by atoms with Gasteiger partial charge in [0.25, 0.3) is 0 Å². The van der Waals surface area contributed by atoms with Crippen LogP contribution < -0.4 is 10.1 Å². The molecular weight excluding hydrogens is 289 g/mol. The summed E-state index contributed by atoms with van der Waals surface area (Å²) in [5, 5.41) is 4.02. The molecule has 0 bridgehead atoms. The fourth-order valence-electron chi connectivity index (χ4n) is 2.17. The van der Waals surface area contributed by atoms with E-state index in [1.807, 2.05) is 37.3 Å². The highest BCUT2D eigenvalue weighted by Gasteiger charge is 2.07. The molecule has 0 aliphatic rings. The molecule has 112 valence electrons. The molecule has 2 rings (SSSR count). The summed E-state index contributed by atoms with van der Waals surface area (Å²) >= 11 is 5.87. The predicted molar refractivity (Wildman–Crippen MR) is 85.8 cm³/mol. The first-order valence-corrected chi connectivity index (χ1v) is 7.39. The second kappa shape index (κ2) is 7.32. The highest BCUT2D eigenvalue weighted by atomic mass is 35.5. The average molecular weight is 308 g/mol. The van der Waals surface area contributed by atoms with Crippen molar-refractivity contribution in [2.45, 2.75) is 26.3 Å². The third kappa shape index (κ3) is 4.64. The van der Waals surface area contributed by atoms with Gasteiger partial charge in [-0.2, -0.15) is 0 Å². The van der Waals surface area contributed by atoms with Crippen molar-refractivity contribution in [2.75, 3.05) is 11.9 Å². The van der Waals surface area contributed by atoms with Crippen molar-refractivity contribution >= 4 is 17.3 Å². The van der Waals surface area contributed by atoms with Crippen LogP contribution in [0.15, 0.2) is 42.5 Å². The van der Waals surface area contributed by atoms with Crippen molar-refractivity contribution < 1.29 is 9.13 Å². The lowest BCUT2D eigenvalue weighted by atomic mass is 10.1. The Morgan fingerprint density at radius 3 is 2.52 bits per heavy atom. The molecule has 21 heavy (non-hydrogen) atoms. The van der Waals surface area contributed by atoms with Crippen LogP contribution in [0.25, 0.3) is 0 Å². The molecule has 1 atom stereocenters. The summed E-state index contributed by atoms with van der Waals surface area (Å²) in [7, 11) is 0. The topological polar surface area (TPSA) is 21.3 Å². The Kier molecular flexibility index (Phi) is 5.45. The number of anilines is 1. The smallest absolute Gasteiger partial charge is 0.167 e. The highest BCUT2D eigenvalue weighted by molar-refractivity contribution is 6.30. The maximum atomic E-state index is 13.8. The number of ether oxygens (including phenoxy) is 1. The molecule has 1 unspecified atom stereocenters. The Bertz CT molecular complexity index is 586. The summed E-state index contributed by atoms with van der Waals surface area (Å²) in [5.74, 6) is -0.0612. The van der Waals surface area contributed by atoms with E-state index in [0.29, 0.717) is 6.61 Å². The standard InChI is InChI=1S/C17H19ClFNO/c1-3-21-17-9-8-15(11-16(17)19)20-12(2)10-13-4-6-14(18)7-5-13/h4-9,11-12,20H,3,10H2,1-2H3. The Morgan fingerprint density at radius 1 is 1.19 bits per heavy atom. The minimum absolute atomic E-state index is 0.184.